The van der Waals surface area contributed by atoms with E-state index in [1.165, 1.54) is 21.4 Å². The molecule has 1 N–H and O–H groups in total. The van der Waals surface area contributed by atoms with E-state index in [9.17, 15) is 4.79 Å². The summed E-state index contributed by atoms with van der Waals surface area (Å²) in [6.07, 6.45) is 1.66. The normalized spacial score (nSPS) is 10.9. The van der Waals surface area contributed by atoms with Gasteiger partial charge in [0.05, 0.1) is 0 Å². The Morgan fingerprint density at radius 2 is 2.00 bits per heavy atom. The Bertz CT molecular complexity index is 976. The molecule has 0 bridgehead atoms. The molecule has 0 saturated carbocycles. The molecule has 0 aliphatic carbocycles. The molecule has 4 rings (SSSR count). The van der Waals surface area contributed by atoms with Crippen LogP contribution in [0.25, 0.3) is 16.1 Å². The third-order valence-corrected chi connectivity index (χ3v) is 4.18. The number of hydrogen-bond donors (Lipinski definition) is 1. The van der Waals surface area contributed by atoms with Gasteiger partial charge in [0.15, 0.2) is 5.52 Å². The van der Waals surface area contributed by atoms with Crippen LogP contribution in [0, 0.1) is 0 Å². The van der Waals surface area contributed by atoms with Crippen molar-refractivity contribution >= 4 is 78.8 Å². The van der Waals surface area contributed by atoms with E-state index in [2.05, 4.69) is 37.6 Å². The SMILES string of the molecule is O=c1c2[nH]nnc2nc2sc(CCc3ccccc3)nn12.[KH]. The maximum absolute atomic E-state index is 12.2. The third kappa shape index (κ3) is 2.92. The zero-order chi connectivity index (χ0) is 14.2. The molecule has 9 heteroatoms. The first-order valence-corrected chi connectivity index (χ1v) is 7.26. The number of benzene rings is 1. The van der Waals surface area contributed by atoms with E-state index in [-0.39, 0.29) is 62.5 Å². The van der Waals surface area contributed by atoms with Crippen molar-refractivity contribution in [3.05, 3.63) is 51.3 Å². The second-order valence-corrected chi connectivity index (χ2v) is 5.64. The summed E-state index contributed by atoms with van der Waals surface area (Å²) in [6.45, 7) is 0. The molecule has 0 saturated heterocycles. The fraction of sp³-hybridized carbons (Fsp3) is 0.154. The van der Waals surface area contributed by atoms with Gasteiger partial charge in [0, 0.05) is 6.42 Å². The number of fused-ring (bicyclic) bond motifs is 2. The van der Waals surface area contributed by atoms with Gasteiger partial charge in [-0.1, -0.05) is 46.9 Å². The van der Waals surface area contributed by atoms with Gasteiger partial charge in [0.1, 0.15) is 5.01 Å². The summed E-state index contributed by atoms with van der Waals surface area (Å²) in [5.74, 6) is 0. The summed E-state index contributed by atoms with van der Waals surface area (Å²) in [6, 6.07) is 10.2. The average Bonchev–Trinajstić information content (AvgIpc) is 3.13. The van der Waals surface area contributed by atoms with E-state index in [0.29, 0.717) is 10.6 Å². The van der Waals surface area contributed by atoms with Crippen molar-refractivity contribution in [2.75, 3.05) is 0 Å². The zero-order valence-electron chi connectivity index (χ0n) is 10.9. The summed E-state index contributed by atoms with van der Waals surface area (Å²) in [5, 5.41) is 15.1. The Labute approximate surface area is 171 Å². The Balaban J connectivity index is 0.00000144. The van der Waals surface area contributed by atoms with Gasteiger partial charge in [-0.05, 0) is 12.0 Å². The number of aromatic amines is 1. The van der Waals surface area contributed by atoms with Gasteiger partial charge in [-0.3, -0.25) is 9.89 Å². The molecule has 106 valence electrons. The molecule has 0 fully saturated rings. The number of hydrogen-bond acceptors (Lipinski definition) is 6. The maximum atomic E-state index is 12.2. The summed E-state index contributed by atoms with van der Waals surface area (Å²) in [5.41, 5.74) is 1.60. The molecule has 1 aromatic carbocycles. The molecule has 0 radical (unpaired) electrons. The van der Waals surface area contributed by atoms with E-state index < -0.39 is 0 Å². The number of nitrogens with zero attached hydrogens (tertiary/aromatic N) is 5. The van der Waals surface area contributed by atoms with E-state index in [1.807, 2.05) is 18.2 Å². The van der Waals surface area contributed by atoms with Crippen molar-refractivity contribution in [2.45, 2.75) is 12.8 Å². The van der Waals surface area contributed by atoms with Gasteiger partial charge in [-0.25, -0.2) is 0 Å². The second kappa shape index (κ2) is 6.65. The number of rotatable bonds is 3. The molecule has 0 aliphatic rings. The van der Waals surface area contributed by atoms with Gasteiger partial charge in [-0.2, -0.15) is 14.6 Å². The van der Waals surface area contributed by atoms with Crippen LogP contribution in [-0.2, 0) is 12.8 Å². The van der Waals surface area contributed by atoms with Crippen molar-refractivity contribution in [1.82, 2.24) is 30.0 Å². The Kier molecular flexibility index (Phi) is 4.80. The number of H-pyrrole nitrogens is 1. The first-order chi connectivity index (χ1) is 10.3. The molecule has 7 nitrogen and oxygen atoms in total. The van der Waals surface area contributed by atoms with Gasteiger partial charge in [0.25, 0.3) is 0 Å². The minimum absolute atomic E-state index is 0. The van der Waals surface area contributed by atoms with E-state index >= 15 is 0 Å². The van der Waals surface area contributed by atoms with Crippen molar-refractivity contribution in [3.8, 4) is 0 Å². The molecule has 3 heterocycles. The fourth-order valence-electron chi connectivity index (χ4n) is 2.16. The van der Waals surface area contributed by atoms with Crippen molar-refractivity contribution in [3.63, 3.8) is 0 Å². The van der Waals surface area contributed by atoms with Crippen LogP contribution in [0.4, 0.5) is 0 Å². The predicted octanol–water partition coefficient (Wildman–Crippen LogP) is 0.559. The molecular formula is C13H11KN6OS. The predicted molar refractivity (Wildman–Crippen MR) is 85.6 cm³/mol. The average molecular weight is 338 g/mol. The topological polar surface area (TPSA) is 88.8 Å². The molecule has 0 aliphatic heterocycles. The van der Waals surface area contributed by atoms with Crippen LogP contribution in [0.3, 0.4) is 0 Å². The molecule has 3 aromatic heterocycles. The third-order valence-electron chi connectivity index (χ3n) is 3.21. The molecule has 0 atom stereocenters. The fourth-order valence-corrected chi connectivity index (χ4v) is 3.04. The summed E-state index contributed by atoms with van der Waals surface area (Å²) >= 11 is 1.41. The van der Waals surface area contributed by atoms with Crippen LogP contribution in [0.5, 0.6) is 0 Å². The molecule has 0 unspecified atom stereocenters. The van der Waals surface area contributed by atoms with Crippen LogP contribution < -0.4 is 5.56 Å². The minimum atomic E-state index is -0.262. The first-order valence-electron chi connectivity index (χ1n) is 6.45. The van der Waals surface area contributed by atoms with Crippen LogP contribution in [0.1, 0.15) is 10.6 Å². The molecule has 0 spiro atoms. The van der Waals surface area contributed by atoms with Crippen molar-refractivity contribution in [2.24, 2.45) is 0 Å². The summed E-state index contributed by atoms with van der Waals surface area (Å²) < 4.78 is 1.31. The Hall–Kier alpha value is -0.974. The van der Waals surface area contributed by atoms with E-state index in [1.54, 1.807) is 0 Å². The van der Waals surface area contributed by atoms with Crippen LogP contribution in [-0.4, -0.2) is 81.4 Å². The molecule has 4 aromatic rings. The van der Waals surface area contributed by atoms with E-state index in [4.69, 9.17) is 0 Å². The van der Waals surface area contributed by atoms with Crippen molar-refractivity contribution < 1.29 is 0 Å². The van der Waals surface area contributed by atoms with Gasteiger partial charge in [0.2, 0.25) is 10.6 Å². The standard InChI is InChI=1S/C13H10N6OS.K.H/c20-12-10-11(16-18-15-10)14-13-19(12)17-9(21-13)7-6-8-4-2-1-3-5-8;;/h1-5H,6-7H2,(H,15,16,18);;. The second-order valence-electron chi connectivity index (χ2n) is 4.60. The van der Waals surface area contributed by atoms with Crippen LogP contribution in [0.2, 0.25) is 0 Å². The number of nitrogens with one attached hydrogen (secondary N) is 1. The van der Waals surface area contributed by atoms with E-state index in [0.717, 1.165) is 17.8 Å². The number of aromatic nitrogens is 6. The first kappa shape index (κ1) is 15.9. The Morgan fingerprint density at radius 1 is 1.18 bits per heavy atom. The monoisotopic (exact) mass is 338 g/mol. The van der Waals surface area contributed by atoms with Crippen LogP contribution >= 0.6 is 11.3 Å². The number of aryl methyl sites for hydroxylation is 2. The molecule has 22 heavy (non-hydrogen) atoms. The van der Waals surface area contributed by atoms with Crippen molar-refractivity contribution in [1.29, 1.82) is 0 Å². The molecular weight excluding hydrogens is 327 g/mol. The summed E-state index contributed by atoms with van der Waals surface area (Å²) in [4.78, 5) is 17.0. The summed E-state index contributed by atoms with van der Waals surface area (Å²) in [7, 11) is 0. The molecule has 0 amide bonds. The van der Waals surface area contributed by atoms with Gasteiger partial charge < -0.3 is 0 Å². The van der Waals surface area contributed by atoms with Gasteiger partial charge in [-0.15, -0.1) is 5.10 Å². The van der Waals surface area contributed by atoms with Crippen LogP contribution in [0.15, 0.2) is 35.1 Å². The van der Waals surface area contributed by atoms with Gasteiger partial charge >= 0.3 is 56.9 Å². The Morgan fingerprint density at radius 3 is 2.82 bits per heavy atom. The quantitative estimate of drug-likeness (QED) is 0.551. The zero-order valence-corrected chi connectivity index (χ0v) is 11.7.